The Morgan fingerprint density at radius 1 is 1.29 bits per heavy atom. The van der Waals surface area contributed by atoms with E-state index in [1.807, 2.05) is 25.2 Å². The molecular weight excluding hydrogens is 292 g/mol. The molecule has 2 heterocycles. The summed E-state index contributed by atoms with van der Waals surface area (Å²) in [7, 11) is 2.03. The molecule has 1 saturated heterocycles. The number of nitrogens with zero attached hydrogens (tertiary/aromatic N) is 2. The number of halogens is 1. The van der Waals surface area contributed by atoms with E-state index in [9.17, 15) is 4.79 Å². The first-order valence-electron chi connectivity index (χ1n) is 7.18. The molecule has 1 amide bonds. The highest BCUT2D eigenvalue weighted by molar-refractivity contribution is 6.31. The third-order valence-corrected chi connectivity index (χ3v) is 4.11. The Morgan fingerprint density at radius 2 is 2.14 bits per heavy atom. The van der Waals surface area contributed by atoms with E-state index in [0.717, 1.165) is 24.3 Å². The van der Waals surface area contributed by atoms with Crippen LogP contribution in [0, 0.1) is 0 Å². The Balaban J connectivity index is 1.92. The van der Waals surface area contributed by atoms with Crippen LogP contribution in [0.25, 0.3) is 0 Å². The van der Waals surface area contributed by atoms with Gasteiger partial charge in [0.1, 0.15) is 0 Å². The second-order valence-electron chi connectivity index (χ2n) is 5.33. The maximum absolute atomic E-state index is 12.7. The van der Waals surface area contributed by atoms with Gasteiger partial charge in [0.25, 0.3) is 5.91 Å². The Hall–Kier alpha value is -1.30. The number of benzene rings is 1. The lowest BCUT2D eigenvalue weighted by Gasteiger charge is -2.30. The van der Waals surface area contributed by atoms with E-state index in [2.05, 4.69) is 4.90 Å². The third kappa shape index (κ3) is 3.00. The van der Waals surface area contributed by atoms with Crippen molar-refractivity contribution in [2.24, 2.45) is 0 Å². The molecule has 1 aromatic carbocycles. The molecular formula is C15H19ClN2O3. The highest BCUT2D eigenvalue weighted by Crippen LogP contribution is 2.34. The molecule has 1 aromatic rings. The zero-order chi connectivity index (χ0) is 14.8. The predicted octanol–water partition coefficient (Wildman–Crippen LogP) is 1.93. The molecule has 2 aliphatic rings. The second kappa shape index (κ2) is 6.22. The molecule has 5 nitrogen and oxygen atoms in total. The molecule has 0 aromatic heterocycles. The Labute approximate surface area is 129 Å². The van der Waals surface area contributed by atoms with Crippen LogP contribution < -0.4 is 9.80 Å². The maximum Gasteiger partial charge on any atom is 0.258 e. The van der Waals surface area contributed by atoms with Crippen LogP contribution in [-0.2, 0) is 14.3 Å². The minimum absolute atomic E-state index is 0.0477. The van der Waals surface area contributed by atoms with Crippen molar-refractivity contribution in [3.05, 3.63) is 23.2 Å². The summed E-state index contributed by atoms with van der Waals surface area (Å²) >= 11 is 6.12. The van der Waals surface area contributed by atoms with Gasteiger partial charge in [-0.2, -0.15) is 0 Å². The van der Waals surface area contributed by atoms with Gasteiger partial charge < -0.3 is 19.3 Å². The summed E-state index contributed by atoms with van der Waals surface area (Å²) in [6.07, 6.45) is 0.385. The molecule has 114 valence electrons. The number of hydrogen-bond acceptors (Lipinski definition) is 4. The second-order valence-corrected chi connectivity index (χ2v) is 5.77. The predicted molar refractivity (Wildman–Crippen MR) is 82.3 cm³/mol. The van der Waals surface area contributed by atoms with E-state index >= 15 is 0 Å². The van der Waals surface area contributed by atoms with Gasteiger partial charge in [0.2, 0.25) is 0 Å². The molecule has 0 radical (unpaired) electrons. The minimum Gasteiger partial charge on any atom is -0.376 e. The van der Waals surface area contributed by atoms with E-state index in [4.69, 9.17) is 21.1 Å². The van der Waals surface area contributed by atoms with Crippen LogP contribution in [0.1, 0.15) is 6.42 Å². The van der Waals surface area contributed by atoms with Crippen LogP contribution in [0.15, 0.2) is 18.2 Å². The van der Waals surface area contributed by atoms with E-state index < -0.39 is 6.10 Å². The molecule has 1 unspecified atom stereocenters. The first-order valence-corrected chi connectivity index (χ1v) is 7.56. The number of carbonyl (C=O) groups excluding carboxylic acids is 1. The average molecular weight is 311 g/mol. The van der Waals surface area contributed by atoms with Crippen molar-refractivity contribution >= 4 is 28.9 Å². The normalized spacial score (nSPS) is 22.7. The average Bonchev–Trinajstić information content (AvgIpc) is 2.66. The number of anilines is 2. The summed E-state index contributed by atoms with van der Waals surface area (Å²) < 4.78 is 10.9. The van der Waals surface area contributed by atoms with Gasteiger partial charge in [0.15, 0.2) is 6.10 Å². The first-order chi connectivity index (χ1) is 10.2. The van der Waals surface area contributed by atoms with Gasteiger partial charge in [0, 0.05) is 25.2 Å². The molecule has 0 saturated carbocycles. The van der Waals surface area contributed by atoms with Gasteiger partial charge in [-0.25, -0.2) is 0 Å². The summed E-state index contributed by atoms with van der Waals surface area (Å²) in [5.74, 6) is -0.0477. The quantitative estimate of drug-likeness (QED) is 0.795. The van der Waals surface area contributed by atoms with Crippen LogP contribution in [0.3, 0.4) is 0 Å². The molecule has 0 aliphatic carbocycles. The van der Waals surface area contributed by atoms with Gasteiger partial charge in [-0.3, -0.25) is 4.79 Å². The maximum atomic E-state index is 12.7. The van der Waals surface area contributed by atoms with Crippen LogP contribution in [0.2, 0.25) is 5.02 Å². The summed E-state index contributed by atoms with van der Waals surface area (Å²) in [5, 5.41) is 0.627. The van der Waals surface area contributed by atoms with Crippen LogP contribution in [-0.4, -0.2) is 52.0 Å². The fraction of sp³-hybridized carbons (Fsp3) is 0.533. The number of amides is 1. The van der Waals surface area contributed by atoms with E-state index in [1.165, 1.54) is 0 Å². The lowest BCUT2D eigenvalue weighted by Crippen LogP contribution is -2.45. The lowest BCUT2D eigenvalue weighted by molar-refractivity contribution is -0.144. The zero-order valence-electron chi connectivity index (χ0n) is 12.0. The molecule has 2 aliphatic heterocycles. The van der Waals surface area contributed by atoms with Gasteiger partial charge in [-0.05, 0) is 24.6 Å². The topological polar surface area (TPSA) is 42.0 Å². The Kier molecular flexibility index (Phi) is 4.33. The minimum atomic E-state index is -0.519. The number of ether oxygens (including phenoxy) is 2. The van der Waals surface area contributed by atoms with Crippen molar-refractivity contribution in [1.82, 2.24) is 0 Å². The standard InChI is InChI=1S/C15H19ClN2O3/c1-17-5-2-6-18(13-9-11(16)3-4-12(13)17)15(19)14-10-20-7-8-21-14/h3-4,9,14H,2,5-8,10H2,1H3. The van der Waals surface area contributed by atoms with Gasteiger partial charge in [-0.1, -0.05) is 11.6 Å². The third-order valence-electron chi connectivity index (χ3n) is 3.87. The fourth-order valence-corrected chi connectivity index (χ4v) is 2.94. The van der Waals surface area contributed by atoms with Crippen molar-refractivity contribution in [2.75, 3.05) is 49.8 Å². The van der Waals surface area contributed by atoms with Crippen molar-refractivity contribution in [3.63, 3.8) is 0 Å². The van der Waals surface area contributed by atoms with E-state index in [0.29, 0.717) is 31.4 Å². The van der Waals surface area contributed by atoms with Crippen molar-refractivity contribution in [1.29, 1.82) is 0 Å². The SMILES string of the molecule is CN1CCCN(C(=O)C2COCCO2)c2cc(Cl)ccc21. The van der Waals surface area contributed by atoms with Crippen LogP contribution in [0.5, 0.6) is 0 Å². The number of carbonyl (C=O) groups is 1. The Bertz CT molecular complexity index is 532. The highest BCUT2D eigenvalue weighted by Gasteiger charge is 2.31. The van der Waals surface area contributed by atoms with Gasteiger partial charge >= 0.3 is 0 Å². The molecule has 0 bridgehead atoms. The lowest BCUT2D eigenvalue weighted by atomic mass is 10.2. The summed E-state index contributed by atoms with van der Waals surface area (Å²) in [6, 6.07) is 5.66. The summed E-state index contributed by atoms with van der Waals surface area (Å²) in [6.45, 7) is 2.90. The van der Waals surface area contributed by atoms with E-state index in [1.54, 1.807) is 4.90 Å². The Morgan fingerprint density at radius 3 is 2.90 bits per heavy atom. The number of fused-ring (bicyclic) bond motifs is 1. The molecule has 3 rings (SSSR count). The van der Waals surface area contributed by atoms with Crippen molar-refractivity contribution in [3.8, 4) is 0 Å². The molecule has 0 spiro atoms. The molecule has 1 atom stereocenters. The first kappa shape index (κ1) is 14.6. The molecule has 0 N–H and O–H groups in total. The largest absolute Gasteiger partial charge is 0.376 e. The highest BCUT2D eigenvalue weighted by atomic mass is 35.5. The monoisotopic (exact) mass is 310 g/mol. The molecule has 21 heavy (non-hydrogen) atoms. The van der Waals surface area contributed by atoms with Crippen molar-refractivity contribution in [2.45, 2.75) is 12.5 Å². The molecule has 6 heteroatoms. The van der Waals surface area contributed by atoms with Gasteiger partial charge in [-0.15, -0.1) is 0 Å². The number of hydrogen-bond donors (Lipinski definition) is 0. The smallest absolute Gasteiger partial charge is 0.258 e. The fourth-order valence-electron chi connectivity index (χ4n) is 2.78. The van der Waals surface area contributed by atoms with Crippen molar-refractivity contribution < 1.29 is 14.3 Å². The zero-order valence-corrected chi connectivity index (χ0v) is 12.8. The van der Waals surface area contributed by atoms with E-state index in [-0.39, 0.29) is 5.91 Å². The summed E-state index contributed by atoms with van der Waals surface area (Å²) in [5.41, 5.74) is 1.86. The van der Waals surface area contributed by atoms with Gasteiger partial charge in [0.05, 0.1) is 31.2 Å². The number of rotatable bonds is 1. The summed E-state index contributed by atoms with van der Waals surface area (Å²) in [4.78, 5) is 16.7. The van der Waals surface area contributed by atoms with Crippen LogP contribution in [0.4, 0.5) is 11.4 Å². The van der Waals surface area contributed by atoms with Crippen LogP contribution >= 0.6 is 11.6 Å². The molecule has 1 fully saturated rings.